The summed E-state index contributed by atoms with van der Waals surface area (Å²) < 4.78 is 6.25. The van der Waals surface area contributed by atoms with Gasteiger partial charge in [0, 0.05) is 43.3 Å². The first-order valence-electron chi connectivity index (χ1n) is 11.7. The molecule has 0 bridgehead atoms. The summed E-state index contributed by atoms with van der Waals surface area (Å²) in [6.45, 7) is 15.9. The third kappa shape index (κ3) is 7.25. The molecule has 4 aromatic rings. The maximum atomic E-state index is 10.0. The number of aliphatic hydroxyl groups is 1. The molecule has 4 rings (SSSR count). The fourth-order valence-corrected chi connectivity index (χ4v) is 3.99. The fourth-order valence-electron chi connectivity index (χ4n) is 3.99. The molecule has 0 spiro atoms. The first kappa shape index (κ1) is 29.2. The molecule has 36 heavy (non-hydrogen) atoms. The van der Waals surface area contributed by atoms with Crippen LogP contribution in [0.2, 0.25) is 0 Å². The van der Waals surface area contributed by atoms with Gasteiger partial charge in [-0.25, -0.2) is 0 Å². The SMILES string of the molecule is CC(=O)/C=C(/C)O.Cc1[c-]c(-c2cc3oc(-c4c(C)cccc4C)cc3cn2)cc(C(C)(C)C)c1.[Ir]. The zero-order chi connectivity index (χ0) is 25.9. The number of carbonyl (C=O) groups excluding carboxylic acids is 1. The van der Waals surface area contributed by atoms with Gasteiger partial charge in [-0.2, -0.15) is 0 Å². The zero-order valence-corrected chi connectivity index (χ0v) is 24.6. The van der Waals surface area contributed by atoms with Gasteiger partial charge in [0.05, 0.1) is 5.76 Å². The van der Waals surface area contributed by atoms with E-state index in [4.69, 9.17) is 14.5 Å². The van der Waals surface area contributed by atoms with Crippen LogP contribution in [0.3, 0.4) is 0 Å². The summed E-state index contributed by atoms with van der Waals surface area (Å²) >= 11 is 0. The predicted octanol–water partition coefficient (Wildman–Crippen LogP) is 8.22. The van der Waals surface area contributed by atoms with Crippen molar-refractivity contribution in [2.75, 3.05) is 0 Å². The van der Waals surface area contributed by atoms with Crippen LogP contribution < -0.4 is 0 Å². The number of hydrogen-bond donors (Lipinski definition) is 1. The van der Waals surface area contributed by atoms with Crippen molar-refractivity contribution in [2.45, 2.75) is 60.8 Å². The Labute approximate surface area is 227 Å². The number of pyridine rings is 1. The molecule has 0 saturated carbocycles. The maximum Gasteiger partial charge on any atom is 0.155 e. The van der Waals surface area contributed by atoms with E-state index >= 15 is 0 Å². The average Bonchev–Trinajstić information content (AvgIpc) is 3.14. The second-order valence-corrected chi connectivity index (χ2v) is 10.1. The number of benzene rings is 2. The third-order valence-electron chi connectivity index (χ3n) is 5.69. The average molecular weight is 661 g/mol. The summed E-state index contributed by atoms with van der Waals surface area (Å²) in [5.74, 6) is 0.834. The molecule has 0 amide bonds. The van der Waals surface area contributed by atoms with E-state index in [9.17, 15) is 4.79 Å². The van der Waals surface area contributed by atoms with Crippen molar-refractivity contribution in [2.24, 2.45) is 0 Å². The van der Waals surface area contributed by atoms with E-state index < -0.39 is 0 Å². The van der Waals surface area contributed by atoms with Crippen molar-refractivity contribution in [3.63, 3.8) is 0 Å². The van der Waals surface area contributed by atoms with Gasteiger partial charge in [0.2, 0.25) is 0 Å². The first-order chi connectivity index (χ1) is 16.3. The minimum Gasteiger partial charge on any atom is -0.512 e. The Bertz CT molecular complexity index is 1380. The normalized spacial score (nSPS) is 11.5. The molecule has 191 valence electrons. The fraction of sp³-hybridized carbons (Fsp3) is 0.290. The Morgan fingerprint density at radius 1 is 1.03 bits per heavy atom. The molecule has 0 aliphatic rings. The molecule has 5 heteroatoms. The molecule has 0 aliphatic heterocycles. The molecule has 0 aliphatic carbocycles. The molecule has 0 fully saturated rings. The number of fused-ring (bicyclic) bond motifs is 1. The number of hydrogen-bond acceptors (Lipinski definition) is 4. The number of aliphatic hydroxyl groups excluding tert-OH is 1. The Kier molecular flexibility index (Phi) is 9.59. The molecule has 1 radical (unpaired) electrons. The summed E-state index contributed by atoms with van der Waals surface area (Å²) in [6, 6.07) is 18.3. The van der Waals surface area contributed by atoms with Gasteiger partial charge < -0.3 is 14.5 Å². The first-order valence-corrected chi connectivity index (χ1v) is 11.7. The van der Waals surface area contributed by atoms with Gasteiger partial charge in [-0.05, 0) is 62.1 Å². The van der Waals surface area contributed by atoms with E-state index in [2.05, 4.69) is 84.0 Å². The van der Waals surface area contributed by atoms with Crippen LogP contribution in [0.4, 0.5) is 0 Å². The quantitative estimate of drug-likeness (QED) is 0.137. The van der Waals surface area contributed by atoms with Crippen molar-refractivity contribution in [1.82, 2.24) is 4.98 Å². The van der Waals surface area contributed by atoms with Crippen LogP contribution in [0.1, 0.15) is 56.9 Å². The van der Waals surface area contributed by atoms with E-state index in [1.165, 1.54) is 36.6 Å². The van der Waals surface area contributed by atoms with Crippen LogP contribution in [0.25, 0.3) is 33.6 Å². The Morgan fingerprint density at radius 3 is 2.19 bits per heavy atom. The predicted molar refractivity (Wildman–Crippen MR) is 144 cm³/mol. The van der Waals surface area contributed by atoms with Gasteiger partial charge in [-0.1, -0.05) is 45.9 Å². The summed E-state index contributed by atoms with van der Waals surface area (Å²) in [7, 11) is 0. The minimum absolute atomic E-state index is 0. The van der Waals surface area contributed by atoms with Gasteiger partial charge in [-0.15, -0.1) is 34.9 Å². The van der Waals surface area contributed by atoms with E-state index in [0.29, 0.717) is 0 Å². The third-order valence-corrected chi connectivity index (χ3v) is 5.69. The van der Waals surface area contributed by atoms with Crippen LogP contribution in [0.15, 0.2) is 64.9 Å². The van der Waals surface area contributed by atoms with Gasteiger partial charge in [-0.3, -0.25) is 4.79 Å². The largest absolute Gasteiger partial charge is 0.512 e. The number of rotatable bonds is 3. The second kappa shape index (κ2) is 11.8. The monoisotopic (exact) mass is 661 g/mol. The van der Waals surface area contributed by atoms with Crippen LogP contribution in [0.5, 0.6) is 0 Å². The van der Waals surface area contributed by atoms with Crippen molar-refractivity contribution >= 4 is 16.8 Å². The Hall–Kier alpha value is -3.01. The van der Waals surface area contributed by atoms with E-state index in [1.54, 1.807) is 0 Å². The standard InChI is InChI=1S/C26H26NO.C5H8O2.Ir/c1-16-10-19(12-21(11-16)26(4,5)6)22-14-23-20(15-27-22)13-24(28-23)25-17(2)8-7-9-18(25)3;1-4(6)3-5(2)7;/h7-9,11-15H,1-6H3;3,6H,1-2H3;/q-1;;/b;4-3-;. The molecule has 4 nitrogen and oxygen atoms in total. The molecule has 2 aromatic carbocycles. The summed E-state index contributed by atoms with van der Waals surface area (Å²) in [5, 5.41) is 9.38. The van der Waals surface area contributed by atoms with Crippen molar-refractivity contribution in [3.8, 4) is 22.6 Å². The van der Waals surface area contributed by atoms with Crippen LogP contribution in [-0.4, -0.2) is 15.9 Å². The Morgan fingerprint density at radius 2 is 1.67 bits per heavy atom. The van der Waals surface area contributed by atoms with Crippen molar-refractivity contribution < 1.29 is 34.4 Å². The van der Waals surface area contributed by atoms with Gasteiger partial charge in [0.15, 0.2) is 5.78 Å². The molecule has 2 heterocycles. The molecule has 0 saturated heterocycles. The zero-order valence-electron chi connectivity index (χ0n) is 22.2. The van der Waals surface area contributed by atoms with E-state index in [1.807, 2.05) is 12.3 Å². The summed E-state index contributed by atoms with van der Waals surface area (Å²) in [6.07, 6.45) is 3.07. The number of allylic oxidation sites excluding steroid dienone is 2. The Balaban J connectivity index is 0.000000503. The van der Waals surface area contributed by atoms with Crippen molar-refractivity contribution in [1.29, 1.82) is 0 Å². The minimum atomic E-state index is -0.125. The summed E-state index contributed by atoms with van der Waals surface area (Å²) in [4.78, 5) is 14.7. The van der Waals surface area contributed by atoms with Gasteiger partial charge >= 0.3 is 0 Å². The molecular formula is C31H34IrNO3-. The molecular weight excluding hydrogens is 627 g/mol. The van der Waals surface area contributed by atoms with Crippen LogP contribution >= 0.6 is 0 Å². The second-order valence-electron chi connectivity index (χ2n) is 10.1. The molecule has 0 atom stereocenters. The smallest absolute Gasteiger partial charge is 0.155 e. The van der Waals surface area contributed by atoms with Crippen LogP contribution in [0, 0.1) is 26.8 Å². The van der Waals surface area contributed by atoms with E-state index in [0.717, 1.165) is 39.1 Å². The number of aryl methyl sites for hydroxylation is 3. The maximum absolute atomic E-state index is 10.0. The molecule has 2 aromatic heterocycles. The van der Waals surface area contributed by atoms with Crippen LogP contribution in [-0.2, 0) is 30.3 Å². The number of carbonyl (C=O) groups is 1. The molecule has 1 N–H and O–H groups in total. The summed E-state index contributed by atoms with van der Waals surface area (Å²) in [5.41, 5.74) is 8.85. The number of ketones is 1. The number of nitrogens with zero attached hydrogens (tertiary/aromatic N) is 1. The van der Waals surface area contributed by atoms with E-state index in [-0.39, 0.29) is 37.1 Å². The number of aromatic nitrogens is 1. The number of furan rings is 1. The topological polar surface area (TPSA) is 63.3 Å². The van der Waals surface area contributed by atoms with Crippen molar-refractivity contribution in [3.05, 3.63) is 88.8 Å². The van der Waals surface area contributed by atoms with Gasteiger partial charge in [0.1, 0.15) is 11.3 Å². The van der Waals surface area contributed by atoms with Gasteiger partial charge in [0.25, 0.3) is 0 Å². The molecule has 0 unspecified atom stereocenters.